The number of benzene rings is 1. The molecule has 0 radical (unpaired) electrons. The summed E-state index contributed by atoms with van der Waals surface area (Å²) in [5.74, 6) is 0.165. The monoisotopic (exact) mass is 361 g/mol. The number of piperidine rings is 1. The first kappa shape index (κ1) is 18.1. The molecule has 2 heterocycles. The van der Waals surface area contributed by atoms with Crippen LogP contribution in [0.4, 0.5) is 5.69 Å². The van der Waals surface area contributed by atoms with Crippen LogP contribution < -0.4 is 4.90 Å². The Bertz CT molecular complexity index is 843. The van der Waals surface area contributed by atoms with Crippen LogP contribution in [-0.4, -0.2) is 49.6 Å². The van der Waals surface area contributed by atoms with Crippen LogP contribution in [0.3, 0.4) is 0 Å². The summed E-state index contributed by atoms with van der Waals surface area (Å²) in [6, 6.07) is 10.5. The molecule has 1 aromatic heterocycles. The maximum Gasteiger partial charge on any atom is 0.213 e. The van der Waals surface area contributed by atoms with E-state index in [1.165, 1.54) is 11.1 Å². The Labute approximate surface area is 150 Å². The first-order valence-corrected chi connectivity index (χ1v) is 10.7. The van der Waals surface area contributed by atoms with Crippen molar-refractivity contribution in [3.8, 4) is 0 Å². The molecule has 0 bridgehead atoms. The first-order valence-electron chi connectivity index (χ1n) is 9.05. The number of sulfonamides is 1. The number of anilines is 1. The van der Waals surface area contributed by atoms with Gasteiger partial charge in [0, 0.05) is 42.9 Å². The Balaban J connectivity index is 1.83. The van der Waals surface area contributed by atoms with Gasteiger partial charge in [0.15, 0.2) is 0 Å². The number of hydrogen-bond acceptors (Lipinski definition) is 4. The molecule has 2 aromatic rings. The Morgan fingerprint density at radius 2 is 1.88 bits per heavy atom. The minimum absolute atomic E-state index is 0.0972. The maximum atomic E-state index is 12.1. The Hall–Kier alpha value is -1.66. The van der Waals surface area contributed by atoms with Crippen molar-refractivity contribution >= 4 is 26.6 Å². The van der Waals surface area contributed by atoms with E-state index < -0.39 is 10.0 Å². The summed E-state index contributed by atoms with van der Waals surface area (Å²) < 4.78 is 25.8. The highest BCUT2D eigenvalue weighted by atomic mass is 32.2. The van der Waals surface area contributed by atoms with E-state index >= 15 is 0 Å². The molecule has 1 aromatic carbocycles. The van der Waals surface area contributed by atoms with Crippen molar-refractivity contribution in [3.63, 3.8) is 0 Å². The molecule has 0 amide bonds. The Morgan fingerprint density at radius 1 is 1.20 bits per heavy atom. The summed E-state index contributed by atoms with van der Waals surface area (Å²) in [6.45, 7) is 5.56. The lowest BCUT2D eigenvalue weighted by atomic mass is 10.0. The van der Waals surface area contributed by atoms with Crippen molar-refractivity contribution in [2.45, 2.75) is 39.2 Å². The third-order valence-electron chi connectivity index (χ3n) is 5.23. The zero-order valence-electron chi connectivity index (χ0n) is 15.3. The van der Waals surface area contributed by atoms with Gasteiger partial charge in [-0.2, -0.15) is 0 Å². The molecular weight excluding hydrogens is 334 g/mol. The fourth-order valence-corrected chi connectivity index (χ4v) is 4.63. The molecule has 1 fully saturated rings. The fraction of sp³-hybridized carbons (Fsp3) is 0.526. The smallest absolute Gasteiger partial charge is 0.213 e. The van der Waals surface area contributed by atoms with Crippen molar-refractivity contribution < 1.29 is 8.42 Å². The molecule has 1 saturated heterocycles. The van der Waals surface area contributed by atoms with E-state index in [4.69, 9.17) is 4.98 Å². The average Bonchev–Trinajstić information content (AvgIpc) is 2.66. The summed E-state index contributed by atoms with van der Waals surface area (Å²) in [7, 11) is -1.40. The highest BCUT2D eigenvalue weighted by Crippen LogP contribution is 2.30. The van der Waals surface area contributed by atoms with Gasteiger partial charge in [-0.1, -0.05) is 25.1 Å². The third kappa shape index (κ3) is 3.65. The SMILES string of the molecule is CCc1cc(N2CCC(N(C)S(=O)(=O)CC)CC2)c2ccccc2n1. The molecule has 5 nitrogen and oxygen atoms in total. The molecule has 3 rings (SSSR count). The highest BCUT2D eigenvalue weighted by Gasteiger charge is 2.29. The molecule has 0 atom stereocenters. The van der Waals surface area contributed by atoms with Gasteiger partial charge in [0.1, 0.15) is 0 Å². The maximum absolute atomic E-state index is 12.1. The minimum atomic E-state index is -3.12. The minimum Gasteiger partial charge on any atom is -0.371 e. The quantitative estimate of drug-likeness (QED) is 0.821. The molecule has 0 unspecified atom stereocenters. The van der Waals surface area contributed by atoms with Crippen molar-refractivity contribution in [3.05, 3.63) is 36.0 Å². The number of aromatic nitrogens is 1. The van der Waals surface area contributed by atoms with E-state index in [0.29, 0.717) is 0 Å². The lowest BCUT2D eigenvalue weighted by molar-refractivity contribution is 0.312. The molecule has 0 spiro atoms. The van der Waals surface area contributed by atoms with Crippen molar-refractivity contribution in [1.29, 1.82) is 0 Å². The van der Waals surface area contributed by atoms with Crippen LogP contribution in [0.1, 0.15) is 32.4 Å². The molecule has 6 heteroatoms. The standard InChI is InChI=1S/C19H27N3O2S/c1-4-15-14-19(17-8-6-7-9-18(17)20-15)22-12-10-16(11-13-22)21(3)25(23,24)5-2/h6-9,14,16H,4-5,10-13H2,1-3H3. The molecule has 0 saturated carbocycles. The summed E-state index contributed by atoms with van der Waals surface area (Å²) in [5.41, 5.74) is 3.35. The van der Waals surface area contributed by atoms with Gasteiger partial charge in [-0.25, -0.2) is 12.7 Å². The number of nitrogens with zero attached hydrogens (tertiary/aromatic N) is 3. The molecule has 0 N–H and O–H groups in total. The Kier molecular flexibility index (Phi) is 5.29. The van der Waals surface area contributed by atoms with E-state index in [1.54, 1.807) is 18.3 Å². The van der Waals surface area contributed by atoms with Crippen LogP contribution in [0, 0.1) is 0 Å². The zero-order valence-corrected chi connectivity index (χ0v) is 16.1. The number of para-hydroxylation sites is 1. The van der Waals surface area contributed by atoms with Gasteiger partial charge < -0.3 is 4.90 Å². The van der Waals surface area contributed by atoms with Gasteiger partial charge in [0.25, 0.3) is 0 Å². The van der Waals surface area contributed by atoms with Gasteiger partial charge in [-0.3, -0.25) is 4.98 Å². The summed E-state index contributed by atoms with van der Waals surface area (Å²) >= 11 is 0. The average molecular weight is 362 g/mol. The number of rotatable bonds is 5. The number of fused-ring (bicyclic) bond motifs is 1. The Morgan fingerprint density at radius 3 is 2.52 bits per heavy atom. The predicted octanol–water partition coefficient (Wildman–Crippen LogP) is 3.05. The van der Waals surface area contributed by atoms with E-state index in [1.807, 2.05) is 12.1 Å². The summed E-state index contributed by atoms with van der Waals surface area (Å²) in [4.78, 5) is 7.10. The lowest BCUT2D eigenvalue weighted by Gasteiger charge is -2.37. The van der Waals surface area contributed by atoms with E-state index in [-0.39, 0.29) is 11.8 Å². The fourth-order valence-electron chi connectivity index (χ4n) is 3.55. The molecular formula is C19H27N3O2S. The predicted molar refractivity (Wildman–Crippen MR) is 104 cm³/mol. The number of aryl methyl sites for hydroxylation is 1. The topological polar surface area (TPSA) is 53.5 Å². The second kappa shape index (κ2) is 7.30. The molecule has 136 valence electrons. The van der Waals surface area contributed by atoms with E-state index in [0.717, 1.165) is 43.6 Å². The van der Waals surface area contributed by atoms with Gasteiger partial charge in [0.05, 0.1) is 11.3 Å². The van der Waals surface area contributed by atoms with Crippen molar-refractivity contribution in [1.82, 2.24) is 9.29 Å². The zero-order chi connectivity index (χ0) is 18.0. The molecule has 1 aliphatic heterocycles. The van der Waals surface area contributed by atoms with Crippen LogP contribution in [0.2, 0.25) is 0 Å². The van der Waals surface area contributed by atoms with Crippen molar-refractivity contribution in [2.75, 3.05) is 30.8 Å². The number of hydrogen-bond donors (Lipinski definition) is 0. The summed E-state index contributed by atoms with van der Waals surface area (Å²) in [5, 5.41) is 1.17. The van der Waals surface area contributed by atoms with Gasteiger partial charge in [-0.05, 0) is 38.3 Å². The summed E-state index contributed by atoms with van der Waals surface area (Å²) in [6.07, 6.45) is 2.62. The van der Waals surface area contributed by atoms with Crippen LogP contribution in [0.15, 0.2) is 30.3 Å². The van der Waals surface area contributed by atoms with Crippen LogP contribution >= 0.6 is 0 Å². The van der Waals surface area contributed by atoms with Crippen LogP contribution in [0.5, 0.6) is 0 Å². The second-order valence-corrected chi connectivity index (χ2v) is 8.96. The largest absolute Gasteiger partial charge is 0.371 e. The van der Waals surface area contributed by atoms with E-state index in [9.17, 15) is 8.42 Å². The first-order chi connectivity index (χ1) is 12.0. The normalized spacial score (nSPS) is 16.7. The third-order valence-corrected chi connectivity index (χ3v) is 7.14. The van der Waals surface area contributed by atoms with Crippen LogP contribution in [0.25, 0.3) is 10.9 Å². The van der Waals surface area contributed by atoms with Gasteiger partial charge in [-0.15, -0.1) is 0 Å². The van der Waals surface area contributed by atoms with Crippen molar-refractivity contribution in [2.24, 2.45) is 0 Å². The highest BCUT2D eigenvalue weighted by molar-refractivity contribution is 7.89. The van der Waals surface area contributed by atoms with E-state index in [2.05, 4.69) is 30.0 Å². The molecule has 25 heavy (non-hydrogen) atoms. The van der Waals surface area contributed by atoms with Gasteiger partial charge in [0.2, 0.25) is 10.0 Å². The number of pyridine rings is 1. The van der Waals surface area contributed by atoms with Gasteiger partial charge >= 0.3 is 0 Å². The molecule has 0 aliphatic carbocycles. The second-order valence-electron chi connectivity index (χ2n) is 6.64. The van der Waals surface area contributed by atoms with Crippen LogP contribution in [-0.2, 0) is 16.4 Å². The lowest BCUT2D eigenvalue weighted by Crippen LogP contribution is -2.46. The molecule has 1 aliphatic rings.